The Morgan fingerprint density at radius 3 is 0.719 bits per heavy atom. The van der Waals surface area contributed by atoms with E-state index in [9.17, 15) is 5.26 Å². The van der Waals surface area contributed by atoms with Crippen LogP contribution in [0.25, 0.3) is 176 Å². The molecule has 6 aromatic heterocycles. The molecule has 14 aromatic carbocycles. The normalized spacial score (nSPS) is 12.3. The van der Waals surface area contributed by atoms with Gasteiger partial charge in [0.1, 0.15) is 0 Å². The largest absolute Gasteiger partial charge is 0.417 e. The number of nitrogens with zero attached hydrogens (tertiary/aromatic N) is 7. The zero-order valence-electron chi connectivity index (χ0n) is 51.1. The van der Waals surface area contributed by atoms with Crippen LogP contribution in [0.2, 0.25) is 0 Å². The first-order valence-electron chi connectivity index (χ1n) is 32.1. The summed E-state index contributed by atoms with van der Waals surface area (Å²) in [5.41, 5.74) is 15.5. The average molecular weight is 1240 g/mol. The van der Waals surface area contributed by atoms with Gasteiger partial charge in [0.2, 0.25) is 0 Å². The van der Waals surface area contributed by atoms with Crippen LogP contribution in [0.15, 0.2) is 303 Å². The lowest BCUT2D eigenvalue weighted by Gasteiger charge is -2.23. The molecule has 0 amide bonds. The molecule has 0 unspecified atom stereocenters. The third-order valence-corrected chi connectivity index (χ3v) is 20.0. The molecule has 0 fully saturated rings. The number of rotatable bonds is 7. The summed E-state index contributed by atoms with van der Waals surface area (Å²) < 4.78 is 62.5. The second-order valence-corrected chi connectivity index (χ2v) is 25.0. The Morgan fingerprint density at radius 1 is 0.240 bits per heavy atom. The van der Waals surface area contributed by atoms with E-state index in [1.54, 1.807) is 24.3 Å². The molecule has 450 valence electrons. The number of alkyl halides is 3. The molecule has 0 aliphatic carbocycles. The zero-order valence-corrected chi connectivity index (χ0v) is 51.1. The Kier molecular flexibility index (Phi) is 11.3. The molecule has 96 heavy (non-hydrogen) atoms. The molecule has 0 atom stereocenters. The van der Waals surface area contributed by atoms with Crippen LogP contribution in [-0.2, 0) is 6.18 Å². The van der Waals surface area contributed by atoms with Gasteiger partial charge in [0.25, 0.3) is 0 Å². The first-order chi connectivity index (χ1) is 47.3. The molecule has 0 aliphatic heterocycles. The SMILES string of the molecule is N#Cc1cc(-n2c3ccc(-n4c5ccccc5c5ccccc54)cc3c3cc(-n4c5ccccc5c5ccccc54)ccc32)c(-c2ccccc2C(F)(F)F)c(-n2c3ccc(-n4c5ccccc5c5ccccc54)cc3c3cc(-n4c5ccccc5c5ccccc54)ccc32)c1. The smallest absolute Gasteiger partial charge is 0.309 e. The average Bonchev–Trinajstić information content (AvgIpc) is 1.52. The maximum absolute atomic E-state index is 16.4. The van der Waals surface area contributed by atoms with Gasteiger partial charge >= 0.3 is 6.18 Å². The van der Waals surface area contributed by atoms with Crippen molar-refractivity contribution in [3.05, 3.63) is 314 Å². The minimum absolute atomic E-state index is 0.0305. The Hall–Kier alpha value is -12.8. The second kappa shape index (κ2) is 20.1. The molecule has 0 saturated heterocycles. The van der Waals surface area contributed by atoms with Gasteiger partial charge in [-0.1, -0.05) is 164 Å². The van der Waals surface area contributed by atoms with E-state index in [1.807, 2.05) is 0 Å². The molecule has 6 heterocycles. The molecular formula is C86H50F3N7. The lowest BCUT2D eigenvalue weighted by molar-refractivity contribution is -0.137. The summed E-state index contributed by atoms with van der Waals surface area (Å²) in [6.45, 7) is 0. The summed E-state index contributed by atoms with van der Waals surface area (Å²) in [6, 6.07) is 105. The van der Waals surface area contributed by atoms with Crippen LogP contribution in [0.1, 0.15) is 11.1 Å². The summed E-state index contributed by atoms with van der Waals surface area (Å²) in [6.07, 6.45) is -4.79. The van der Waals surface area contributed by atoms with E-state index in [4.69, 9.17) is 0 Å². The van der Waals surface area contributed by atoms with Gasteiger partial charge in [-0.05, 0) is 145 Å². The number of fused-ring (bicyclic) bond motifs is 18. The number of hydrogen-bond donors (Lipinski definition) is 0. The van der Waals surface area contributed by atoms with Crippen LogP contribution in [0.4, 0.5) is 13.2 Å². The molecule has 0 N–H and O–H groups in total. The second-order valence-electron chi connectivity index (χ2n) is 25.0. The third-order valence-electron chi connectivity index (χ3n) is 20.0. The highest BCUT2D eigenvalue weighted by atomic mass is 19.4. The van der Waals surface area contributed by atoms with E-state index >= 15 is 13.2 Å². The predicted octanol–water partition coefficient (Wildman–Crippen LogP) is 22.8. The van der Waals surface area contributed by atoms with Crippen molar-refractivity contribution in [3.8, 4) is 51.3 Å². The molecular weight excluding hydrogens is 1190 g/mol. The van der Waals surface area contributed by atoms with Crippen molar-refractivity contribution in [3.63, 3.8) is 0 Å². The van der Waals surface area contributed by atoms with Crippen molar-refractivity contribution in [2.24, 2.45) is 0 Å². The van der Waals surface area contributed by atoms with E-state index < -0.39 is 11.7 Å². The summed E-state index contributed by atoms with van der Waals surface area (Å²) in [5.74, 6) is 0. The number of benzene rings is 14. The molecule has 20 aromatic rings. The van der Waals surface area contributed by atoms with E-state index in [2.05, 4.69) is 300 Å². The molecule has 0 aliphatic rings. The van der Waals surface area contributed by atoms with Gasteiger partial charge < -0.3 is 27.4 Å². The summed E-state index contributed by atoms with van der Waals surface area (Å²) in [4.78, 5) is 0. The van der Waals surface area contributed by atoms with Gasteiger partial charge in [0.05, 0.1) is 94.8 Å². The fourth-order valence-electron chi connectivity index (χ4n) is 16.1. The fraction of sp³-hybridized carbons (Fsp3) is 0.0116. The van der Waals surface area contributed by atoms with Crippen molar-refractivity contribution in [1.29, 1.82) is 5.26 Å². The van der Waals surface area contributed by atoms with Crippen molar-refractivity contribution < 1.29 is 13.2 Å². The van der Waals surface area contributed by atoms with E-state index in [-0.39, 0.29) is 11.1 Å². The van der Waals surface area contributed by atoms with Gasteiger partial charge in [-0.3, -0.25) is 0 Å². The third kappa shape index (κ3) is 7.59. The Morgan fingerprint density at radius 2 is 0.469 bits per heavy atom. The van der Waals surface area contributed by atoms with Crippen molar-refractivity contribution >= 4 is 131 Å². The van der Waals surface area contributed by atoms with Crippen LogP contribution in [-0.4, -0.2) is 27.4 Å². The van der Waals surface area contributed by atoms with Gasteiger partial charge in [-0.2, -0.15) is 18.4 Å². The number of aromatic nitrogens is 6. The maximum Gasteiger partial charge on any atom is 0.417 e. The number of halogens is 3. The summed E-state index contributed by atoms with van der Waals surface area (Å²) in [5, 5.41) is 24.0. The van der Waals surface area contributed by atoms with Crippen molar-refractivity contribution in [2.75, 3.05) is 0 Å². The molecule has 0 saturated carbocycles. The number of nitriles is 1. The highest BCUT2D eigenvalue weighted by Crippen LogP contribution is 2.49. The quantitative estimate of drug-likeness (QED) is 0.157. The van der Waals surface area contributed by atoms with Crippen molar-refractivity contribution in [2.45, 2.75) is 6.18 Å². The molecule has 0 bridgehead atoms. The first-order valence-corrected chi connectivity index (χ1v) is 32.1. The minimum atomic E-state index is -4.79. The van der Waals surface area contributed by atoms with E-state index in [0.717, 1.165) is 154 Å². The Bertz CT molecular complexity index is 5870. The topological polar surface area (TPSA) is 53.4 Å². The highest BCUT2D eigenvalue weighted by molar-refractivity contribution is 6.18. The van der Waals surface area contributed by atoms with E-state index in [0.29, 0.717) is 16.9 Å². The lowest BCUT2D eigenvalue weighted by atomic mass is 9.94. The summed E-state index contributed by atoms with van der Waals surface area (Å²) in [7, 11) is 0. The monoisotopic (exact) mass is 1240 g/mol. The van der Waals surface area contributed by atoms with E-state index in [1.165, 1.54) is 12.1 Å². The molecule has 10 heteroatoms. The number of hydrogen-bond acceptors (Lipinski definition) is 1. The zero-order chi connectivity index (χ0) is 63.7. The van der Waals surface area contributed by atoms with Crippen molar-refractivity contribution in [1.82, 2.24) is 27.4 Å². The minimum Gasteiger partial charge on any atom is -0.309 e. The Labute approximate surface area is 545 Å². The molecule has 20 rings (SSSR count). The predicted molar refractivity (Wildman–Crippen MR) is 388 cm³/mol. The molecule has 7 nitrogen and oxygen atoms in total. The van der Waals surface area contributed by atoms with Gasteiger partial charge in [0, 0.05) is 92.9 Å². The standard InChI is InChI=1S/C86H50F3N7/c87-86(88,89)70-28-10-1-27-65(70)85-83(95-79-41-37-53(91-71-29-11-2-19-57(71)58-20-3-12-30-72(58)91)47-66(79)67-48-54(38-42-80(67)95)92-73-31-13-4-21-59(73)60-22-5-14-32-74(60)92)45-52(51-90)46-84(85)96-81-43-39-55(93-75-33-15-6-23-61(75)62-24-7-16-34-76(62)93)49-68(81)69-50-56(40-44-82(69)96)94-77-35-17-8-25-63(77)64-26-9-18-36-78(64)94/h1-50H. The molecule has 0 radical (unpaired) electrons. The molecule has 0 spiro atoms. The van der Waals surface area contributed by atoms with Gasteiger partial charge in [-0.25, -0.2) is 0 Å². The van der Waals surface area contributed by atoms with Crippen LogP contribution in [0, 0.1) is 11.3 Å². The first kappa shape index (κ1) is 53.8. The van der Waals surface area contributed by atoms with Crippen LogP contribution in [0.5, 0.6) is 0 Å². The lowest BCUT2D eigenvalue weighted by Crippen LogP contribution is -2.11. The summed E-state index contributed by atoms with van der Waals surface area (Å²) >= 11 is 0. The van der Waals surface area contributed by atoms with Gasteiger partial charge in [0.15, 0.2) is 0 Å². The van der Waals surface area contributed by atoms with Crippen LogP contribution in [0.3, 0.4) is 0 Å². The van der Waals surface area contributed by atoms with Crippen LogP contribution < -0.4 is 0 Å². The van der Waals surface area contributed by atoms with Gasteiger partial charge in [-0.15, -0.1) is 0 Å². The number of para-hydroxylation sites is 8. The van der Waals surface area contributed by atoms with Crippen LogP contribution >= 0.6 is 0 Å². The maximum atomic E-state index is 16.4. The Balaban J connectivity index is 0.917. The highest BCUT2D eigenvalue weighted by Gasteiger charge is 2.36. The fourth-order valence-corrected chi connectivity index (χ4v) is 16.1.